The van der Waals surface area contributed by atoms with Gasteiger partial charge in [0.2, 0.25) is 5.91 Å². The maximum Gasteiger partial charge on any atom is 0.221 e. The predicted octanol–water partition coefficient (Wildman–Crippen LogP) is 5.17. The molecule has 0 radical (unpaired) electrons. The highest BCUT2D eigenvalue weighted by Gasteiger charge is 2.23. The van der Waals surface area contributed by atoms with Gasteiger partial charge in [0.1, 0.15) is 5.65 Å². The van der Waals surface area contributed by atoms with E-state index in [1.54, 1.807) is 0 Å². The van der Waals surface area contributed by atoms with Gasteiger partial charge in [0.15, 0.2) is 0 Å². The molecule has 148 valence electrons. The standard InChI is InChI=1S/C24H31N3O/c1-4-5-6-9-13-25-24(28)16-21(20-11-8-7-10-19(20)3)22-17-26-23-15-18(2)12-14-27(22)23/h7-8,10-12,14-15,17,21H,4-6,9,13,16H2,1-3H3,(H,25,28). The lowest BCUT2D eigenvalue weighted by Crippen LogP contribution is -2.26. The summed E-state index contributed by atoms with van der Waals surface area (Å²) in [5, 5.41) is 3.11. The van der Waals surface area contributed by atoms with E-state index >= 15 is 0 Å². The molecule has 0 bridgehead atoms. The fraction of sp³-hybridized carbons (Fsp3) is 0.417. The highest BCUT2D eigenvalue weighted by molar-refractivity contribution is 5.77. The van der Waals surface area contributed by atoms with E-state index in [-0.39, 0.29) is 11.8 Å². The van der Waals surface area contributed by atoms with Crippen LogP contribution in [0.1, 0.15) is 67.3 Å². The van der Waals surface area contributed by atoms with Gasteiger partial charge < -0.3 is 9.72 Å². The van der Waals surface area contributed by atoms with Crippen molar-refractivity contribution in [3.05, 3.63) is 71.2 Å². The van der Waals surface area contributed by atoms with Crippen molar-refractivity contribution in [3.63, 3.8) is 0 Å². The van der Waals surface area contributed by atoms with Crippen LogP contribution in [0.4, 0.5) is 0 Å². The summed E-state index contributed by atoms with van der Waals surface area (Å²) in [7, 11) is 0. The average Bonchev–Trinajstić information content (AvgIpc) is 3.09. The third-order valence-electron chi connectivity index (χ3n) is 5.36. The molecule has 28 heavy (non-hydrogen) atoms. The molecule has 1 N–H and O–H groups in total. The first-order valence-electron chi connectivity index (χ1n) is 10.4. The molecule has 2 heterocycles. The molecule has 0 spiro atoms. The summed E-state index contributed by atoms with van der Waals surface area (Å²) in [6, 6.07) is 12.5. The van der Waals surface area contributed by atoms with Crippen molar-refractivity contribution >= 4 is 11.6 Å². The smallest absolute Gasteiger partial charge is 0.221 e. The molecule has 4 heteroatoms. The van der Waals surface area contributed by atoms with Crippen LogP contribution >= 0.6 is 0 Å². The van der Waals surface area contributed by atoms with Crippen LogP contribution in [0.25, 0.3) is 5.65 Å². The molecule has 0 fully saturated rings. The van der Waals surface area contributed by atoms with Crippen LogP contribution in [0.15, 0.2) is 48.8 Å². The molecule has 0 aliphatic rings. The summed E-state index contributed by atoms with van der Waals surface area (Å²) < 4.78 is 2.11. The number of nitrogens with zero attached hydrogens (tertiary/aromatic N) is 2. The maximum absolute atomic E-state index is 12.7. The van der Waals surface area contributed by atoms with Crippen molar-refractivity contribution in [1.82, 2.24) is 14.7 Å². The van der Waals surface area contributed by atoms with Crippen molar-refractivity contribution in [2.45, 2.75) is 58.8 Å². The third-order valence-corrected chi connectivity index (χ3v) is 5.36. The Morgan fingerprint density at radius 1 is 1.14 bits per heavy atom. The van der Waals surface area contributed by atoms with Crippen molar-refractivity contribution in [2.24, 2.45) is 0 Å². The monoisotopic (exact) mass is 377 g/mol. The molecule has 2 aromatic heterocycles. The second-order valence-corrected chi connectivity index (χ2v) is 7.64. The van der Waals surface area contributed by atoms with Gasteiger partial charge in [0.25, 0.3) is 0 Å². The van der Waals surface area contributed by atoms with Crippen molar-refractivity contribution in [1.29, 1.82) is 0 Å². The molecule has 1 unspecified atom stereocenters. The van der Waals surface area contributed by atoms with E-state index in [0.717, 1.165) is 24.3 Å². The number of carbonyl (C=O) groups excluding carboxylic acids is 1. The molecule has 1 amide bonds. The Bertz CT molecular complexity index is 928. The molecule has 0 aliphatic heterocycles. The zero-order valence-corrected chi connectivity index (χ0v) is 17.2. The number of hydrogen-bond acceptors (Lipinski definition) is 2. The first-order valence-corrected chi connectivity index (χ1v) is 10.4. The van der Waals surface area contributed by atoms with Gasteiger partial charge in [-0.25, -0.2) is 4.98 Å². The quantitative estimate of drug-likeness (QED) is 0.523. The second kappa shape index (κ2) is 9.54. The number of nitrogens with one attached hydrogen (secondary N) is 1. The molecule has 4 nitrogen and oxygen atoms in total. The van der Waals surface area contributed by atoms with Gasteiger partial charge in [-0.2, -0.15) is 0 Å². The molecule has 1 atom stereocenters. The number of pyridine rings is 1. The predicted molar refractivity (Wildman–Crippen MR) is 115 cm³/mol. The zero-order chi connectivity index (χ0) is 19.9. The van der Waals surface area contributed by atoms with E-state index in [1.165, 1.54) is 36.0 Å². The second-order valence-electron chi connectivity index (χ2n) is 7.64. The number of imidazole rings is 1. The van der Waals surface area contributed by atoms with Gasteiger partial charge in [-0.05, 0) is 49.1 Å². The van der Waals surface area contributed by atoms with Crippen LogP contribution in [0, 0.1) is 13.8 Å². The summed E-state index contributed by atoms with van der Waals surface area (Å²) in [6.45, 7) is 7.13. The minimum atomic E-state index is -0.0189. The number of hydrogen-bond donors (Lipinski definition) is 1. The van der Waals surface area contributed by atoms with Gasteiger partial charge in [-0.1, -0.05) is 50.5 Å². The molecule has 1 aromatic carbocycles. The van der Waals surface area contributed by atoms with Gasteiger partial charge in [0.05, 0.1) is 5.69 Å². The number of fused-ring (bicyclic) bond motifs is 1. The van der Waals surface area contributed by atoms with E-state index in [0.29, 0.717) is 6.42 Å². The van der Waals surface area contributed by atoms with Crippen LogP contribution < -0.4 is 5.32 Å². The Hall–Kier alpha value is -2.62. The number of aromatic nitrogens is 2. The Labute approximate surface area is 168 Å². The highest BCUT2D eigenvalue weighted by atomic mass is 16.1. The van der Waals surface area contributed by atoms with E-state index < -0.39 is 0 Å². The fourth-order valence-corrected chi connectivity index (χ4v) is 3.75. The normalized spacial score (nSPS) is 12.2. The molecular formula is C24H31N3O. The SMILES string of the molecule is CCCCCCNC(=O)CC(c1ccccc1C)c1cnc2cc(C)ccn12. The minimum absolute atomic E-state index is 0.0189. The highest BCUT2D eigenvalue weighted by Crippen LogP contribution is 2.31. The van der Waals surface area contributed by atoms with E-state index in [1.807, 2.05) is 18.3 Å². The summed E-state index contributed by atoms with van der Waals surface area (Å²) in [6.07, 6.45) is 9.05. The topological polar surface area (TPSA) is 46.4 Å². The van der Waals surface area contributed by atoms with Crippen molar-refractivity contribution in [3.8, 4) is 0 Å². The lowest BCUT2D eigenvalue weighted by Gasteiger charge is -2.19. The molecule has 0 saturated heterocycles. The van der Waals surface area contributed by atoms with Crippen molar-refractivity contribution < 1.29 is 4.79 Å². The van der Waals surface area contributed by atoms with Gasteiger partial charge in [-0.3, -0.25) is 4.79 Å². The lowest BCUT2D eigenvalue weighted by molar-refractivity contribution is -0.121. The van der Waals surface area contributed by atoms with Gasteiger partial charge in [0, 0.05) is 31.3 Å². The Morgan fingerprint density at radius 2 is 1.96 bits per heavy atom. The molecule has 3 rings (SSSR count). The summed E-state index contributed by atoms with van der Waals surface area (Å²) >= 11 is 0. The van der Waals surface area contributed by atoms with E-state index in [4.69, 9.17) is 0 Å². The number of carbonyl (C=O) groups is 1. The van der Waals surface area contributed by atoms with Crippen molar-refractivity contribution in [2.75, 3.05) is 6.54 Å². The largest absolute Gasteiger partial charge is 0.356 e. The number of amides is 1. The summed E-state index contributed by atoms with van der Waals surface area (Å²) in [5.74, 6) is 0.0846. The Morgan fingerprint density at radius 3 is 2.75 bits per heavy atom. The minimum Gasteiger partial charge on any atom is -0.356 e. The summed E-state index contributed by atoms with van der Waals surface area (Å²) in [4.78, 5) is 17.3. The van der Waals surface area contributed by atoms with Crippen LogP contribution in [-0.2, 0) is 4.79 Å². The molecular weight excluding hydrogens is 346 g/mol. The average molecular weight is 378 g/mol. The van der Waals surface area contributed by atoms with E-state index in [2.05, 4.69) is 65.9 Å². The van der Waals surface area contributed by atoms with E-state index in [9.17, 15) is 4.79 Å². The van der Waals surface area contributed by atoms with Crippen LogP contribution in [0.5, 0.6) is 0 Å². The number of rotatable bonds is 9. The number of unbranched alkanes of at least 4 members (excludes halogenated alkanes) is 3. The third kappa shape index (κ3) is 4.80. The first-order chi connectivity index (χ1) is 13.6. The van der Waals surface area contributed by atoms with Gasteiger partial charge >= 0.3 is 0 Å². The van der Waals surface area contributed by atoms with Crippen LogP contribution in [0.2, 0.25) is 0 Å². The zero-order valence-electron chi connectivity index (χ0n) is 17.2. The van der Waals surface area contributed by atoms with Gasteiger partial charge in [-0.15, -0.1) is 0 Å². The van der Waals surface area contributed by atoms with Crippen LogP contribution in [-0.4, -0.2) is 21.8 Å². The lowest BCUT2D eigenvalue weighted by atomic mass is 9.89. The summed E-state index contributed by atoms with van der Waals surface area (Å²) in [5.41, 5.74) is 5.55. The Balaban J connectivity index is 1.84. The number of benzene rings is 1. The molecule has 3 aromatic rings. The molecule has 0 aliphatic carbocycles. The van der Waals surface area contributed by atoms with Crippen LogP contribution in [0.3, 0.4) is 0 Å². The molecule has 0 saturated carbocycles. The Kier molecular flexibility index (Phi) is 6.85. The first kappa shape index (κ1) is 20.1. The fourth-order valence-electron chi connectivity index (χ4n) is 3.75. The maximum atomic E-state index is 12.7. The number of aryl methyl sites for hydroxylation is 2.